The lowest BCUT2D eigenvalue weighted by atomic mass is 10.1. The lowest BCUT2D eigenvalue weighted by Crippen LogP contribution is -2.02. The molecule has 1 aliphatic heterocycles. The van der Waals surface area contributed by atoms with Crippen LogP contribution in [0.4, 0.5) is 4.39 Å². The predicted octanol–water partition coefficient (Wildman–Crippen LogP) is 0.352. The third-order valence-electron chi connectivity index (χ3n) is 1.49. The quantitative estimate of drug-likeness (QED) is 0.482. The number of hydrogen-bond donors (Lipinski definition) is 0. The van der Waals surface area contributed by atoms with E-state index in [-0.39, 0.29) is 17.4 Å². The van der Waals surface area contributed by atoms with Crippen molar-refractivity contribution < 1.29 is 12.8 Å². The van der Waals surface area contributed by atoms with E-state index in [0.717, 1.165) is 0 Å². The minimum absolute atomic E-state index is 0.0317. The fourth-order valence-corrected chi connectivity index (χ4v) is 2.66. The van der Waals surface area contributed by atoms with Crippen LogP contribution in [0.5, 0.6) is 0 Å². The van der Waals surface area contributed by atoms with E-state index in [9.17, 15) is 12.8 Å². The number of sulfone groups is 1. The zero-order chi connectivity index (χ0) is 7.61. The Bertz CT molecular complexity index is 270. The van der Waals surface area contributed by atoms with E-state index >= 15 is 0 Å². The minimum Gasteiger partial charge on any atom is -0.229 e. The van der Waals surface area contributed by atoms with Gasteiger partial charge < -0.3 is 0 Å². The van der Waals surface area contributed by atoms with Crippen molar-refractivity contribution in [3.05, 3.63) is 0 Å². The van der Waals surface area contributed by atoms with E-state index in [0.29, 0.717) is 6.42 Å². The SMILES string of the molecule is O=S1(=O)CCC(C#CF)C1. The van der Waals surface area contributed by atoms with Crippen LogP contribution in [-0.2, 0) is 9.84 Å². The van der Waals surface area contributed by atoms with Crippen LogP contribution in [0.1, 0.15) is 6.42 Å². The van der Waals surface area contributed by atoms with Crippen LogP contribution in [0, 0.1) is 18.0 Å². The third kappa shape index (κ3) is 1.71. The Hall–Kier alpha value is -0.560. The van der Waals surface area contributed by atoms with E-state index in [2.05, 4.69) is 5.92 Å². The largest absolute Gasteiger partial charge is 0.229 e. The summed E-state index contributed by atoms with van der Waals surface area (Å²) in [5.41, 5.74) is 0. The smallest absolute Gasteiger partial charge is 0.151 e. The van der Waals surface area contributed by atoms with Gasteiger partial charge in [0.15, 0.2) is 9.84 Å². The summed E-state index contributed by atoms with van der Waals surface area (Å²) in [7, 11) is -2.89. The van der Waals surface area contributed by atoms with Gasteiger partial charge in [0.1, 0.15) is 6.17 Å². The van der Waals surface area contributed by atoms with Crippen molar-refractivity contribution in [2.45, 2.75) is 6.42 Å². The van der Waals surface area contributed by atoms with Crippen LogP contribution in [0.25, 0.3) is 0 Å². The summed E-state index contributed by atoms with van der Waals surface area (Å²) >= 11 is 0. The van der Waals surface area contributed by atoms with Crippen molar-refractivity contribution in [3.8, 4) is 12.1 Å². The molecule has 1 saturated heterocycles. The third-order valence-corrected chi connectivity index (χ3v) is 3.26. The number of hydrogen-bond acceptors (Lipinski definition) is 2. The van der Waals surface area contributed by atoms with Crippen LogP contribution in [0.2, 0.25) is 0 Å². The molecule has 0 spiro atoms. The van der Waals surface area contributed by atoms with Crippen LogP contribution in [0.15, 0.2) is 0 Å². The summed E-state index contributed by atoms with van der Waals surface area (Å²) in [5, 5.41) is 0. The van der Waals surface area contributed by atoms with Gasteiger partial charge in [0.25, 0.3) is 0 Å². The highest BCUT2D eigenvalue weighted by atomic mass is 32.2. The van der Waals surface area contributed by atoms with Crippen molar-refractivity contribution in [3.63, 3.8) is 0 Å². The maximum atomic E-state index is 11.3. The van der Waals surface area contributed by atoms with Gasteiger partial charge in [0.2, 0.25) is 0 Å². The van der Waals surface area contributed by atoms with Crippen LogP contribution < -0.4 is 0 Å². The molecule has 2 nitrogen and oxygen atoms in total. The van der Waals surface area contributed by atoms with Crippen LogP contribution >= 0.6 is 0 Å². The Balaban J connectivity index is 2.66. The van der Waals surface area contributed by atoms with Crippen molar-refractivity contribution in [2.75, 3.05) is 11.5 Å². The van der Waals surface area contributed by atoms with Gasteiger partial charge in [0, 0.05) is 5.92 Å². The molecule has 0 aromatic carbocycles. The molecule has 4 heteroatoms. The predicted molar refractivity (Wildman–Crippen MR) is 35.6 cm³/mol. The Morgan fingerprint density at radius 1 is 1.50 bits per heavy atom. The highest BCUT2D eigenvalue weighted by Crippen LogP contribution is 2.16. The van der Waals surface area contributed by atoms with Gasteiger partial charge >= 0.3 is 0 Å². The maximum absolute atomic E-state index is 11.3. The highest BCUT2D eigenvalue weighted by Gasteiger charge is 2.26. The second-order valence-corrected chi connectivity index (χ2v) is 4.57. The lowest BCUT2D eigenvalue weighted by molar-refractivity contribution is 0.601. The first-order chi connectivity index (χ1) is 4.64. The Morgan fingerprint density at radius 3 is 2.60 bits per heavy atom. The summed E-state index contributed by atoms with van der Waals surface area (Å²) in [6.07, 6.45) is 1.72. The van der Waals surface area contributed by atoms with Crippen molar-refractivity contribution in [2.24, 2.45) is 5.92 Å². The summed E-state index contributed by atoms with van der Waals surface area (Å²) in [4.78, 5) is 0. The number of halogens is 1. The molecule has 1 unspecified atom stereocenters. The van der Waals surface area contributed by atoms with Gasteiger partial charge in [-0.2, -0.15) is 0 Å². The molecule has 0 aromatic rings. The molecule has 0 amide bonds. The standard InChI is InChI=1S/C6H7FO2S/c7-3-1-6-2-4-10(8,9)5-6/h6H,2,4-5H2. The zero-order valence-electron chi connectivity index (χ0n) is 5.30. The summed E-state index contributed by atoms with van der Waals surface area (Å²) in [6, 6.07) is 0. The van der Waals surface area contributed by atoms with Gasteiger partial charge in [-0.15, -0.1) is 4.39 Å². The minimum atomic E-state index is -2.89. The fourth-order valence-electron chi connectivity index (χ4n) is 0.986. The molecule has 10 heavy (non-hydrogen) atoms. The van der Waals surface area contributed by atoms with Gasteiger partial charge in [-0.25, -0.2) is 8.42 Å². The van der Waals surface area contributed by atoms with Gasteiger partial charge in [-0.3, -0.25) is 0 Å². The molecule has 1 aliphatic rings. The van der Waals surface area contributed by atoms with Gasteiger partial charge in [-0.1, -0.05) is 5.92 Å². The molecule has 56 valence electrons. The molecule has 0 aromatic heterocycles. The molecular weight excluding hydrogens is 155 g/mol. The van der Waals surface area contributed by atoms with Crippen molar-refractivity contribution in [1.82, 2.24) is 0 Å². The maximum Gasteiger partial charge on any atom is 0.151 e. The van der Waals surface area contributed by atoms with E-state index in [1.165, 1.54) is 6.17 Å². The first kappa shape index (κ1) is 7.55. The molecule has 1 rings (SSSR count). The molecule has 0 saturated carbocycles. The summed E-state index contributed by atoms with van der Waals surface area (Å²) in [5.74, 6) is 2.13. The molecule has 1 fully saturated rings. The normalized spacial score (nSPS) is 29.1. The van der Waals surface area contributed by atoms with E-state index in [1.807, 2.05) is 0 Å². The lowest BCUT2D eigenvalue weighted by Gasteiger charge is -1.90. The molecule has 1 atom stereocenters. The van der Waals surface area contributed by atoms with E-state index in [1.54, 1.807) is 0 Å². The summed E-state index contributed by atoms with van der Waals surface area (Å²) in [6.45, 7) is 0. The second kappa shape index (κ2) is 2.59. The van der Waals surface area contributed by atoms with Gasteiger partial charge in [0.05, 0.1) is 11.5 Å². The highest BCUT2D eigenvalue weighted by molar-refractivity contribution is 7.91. The Kier molecular flexibility index (Phi) is 1.95. The van der Waals surface area contributed by atoms with Gasteiger partial charge in [-0.05, 0) is 6.42 Å². The van der Waals surface area contributed by atoms with Crippen molar-refractivity contribution >= 4 is 9.84 Å². The summed E-state index contributed by atoms with van der Waals surface area (Å²) < 4.78 is 32.8. The van der Waals surface area contributed by atoms with E-state index in [4.69, 9.17) is 0 Å². The molecule has 0 aliphatic carbocycles. The first-order valence-corrected chi connectivity index (χ1v) is 4.78. The zero-order valence-corrected chi connectivity index (χ0v) is 6.12. The average molecular weight is 162 g/mol. The molecule has 0 N–H and O–H groups in total. The Morgan fingerprint density at radius 2 is 2.20 bits per heavy atom. The average Bonchev–Trinajstić information content (AvgIpc) is 2.12. The topological polar surface area (TPSA) is 34.1 Å². The Labute approximate surface area is 59.3 Å². The van der Waals surface area contributed by atoms with Crippen LogP contribution in [0.3, 0.4) is 0 Å². The monoisotopic (exact) mass is 162 g/mol. The van der Waals surface area contributed by atoms with Crippen LogP contribution in [-0.4, -0.2) is 19.9 Å². The molecular formula is C6H7FO2S. The van der Waals surface area contributed by atoms with Crippen molar-refractivity contribution in [1.29, 1.82) is 0 Å². The molecule has 1 heterocycles. The molecule has 0 radical (unpaired) electrons. The molecule has 0 bridgehead atoms. The van der Waals surface area contributed by atoms with E-state index < -0.39 is 9.84 Å². The second-order valence-electron chi connectivity index (χ2n) is 2.34. The fraction of sp³-hybridized carbons (Fsp3) is 0.667. The number of rotatable bonds is 0. The first-order valence-electron chi connectivity index (χ1n) is 2.95.